The summed E-state index contributed by atoms with van der Waals surface area (Å²) < 4.78 is 45.8. The number of benzene rings is 1. The molecule has 0 amide bonds. The summed E-state index contributed by atoms with van der Waals surface area (Å²) in [4.78, 5) is 0. The molecule has 0 saturated heterocycles. The van der Waals surface area contributed by atoms with Crippen molar-refractivity contribution in [2.75, 3.05) is 20.3 Å². The van der Waals surface area contributed by atoms with Gasteiger partial charge < -0.3 is 14.6 Å². The van der Waals surface area contributed by atoms with Crippen LogP contribution in [0.4, 0.5) is 13.2 Å². The molecule has 1 aromatic rings. The second kappa shape index (κ2) is 7.78. The van der Waals surface area contributed by atoms with Crippen molar-refractivity contribution < 1.29 is 27.8 Å². The van der Waals surface area contributed by atoms with Crippen LogP contribution >= 0.6 is 0 Å². The van der Waals surface area contributed by atoms with Crippen LogP contribution < -0.4 is 4.74 Å². The molecule has 0 heterocycles. The molecule has 6 heteroatoms. The zero-order chi connectivity index (χ0) is 15.0. The van der Waals surface area contributed by atoms with E-state index < -0.39 is 12.8 Å². The highest BCUT2D eigenvalue weighted by atomic mass is 19.4. The highest BCUT2D eigenvalue weighted by molar-refractivity contribution is 5.45. The van der Waals surface area contributed by atoms with Gasteiger partial charge in [-0.3, -0.25) is 0 Å². The van der Waals surface area contributed by atoms with E-state index in [0.717, 1.165) is 0 Å². The molecule has 0 atom stereocenters. The third kappa shape index (κ3) is 5.95. The van der Waals surface area contributed by atoms with Crippen molar-refractivity contribution in [1.29, 1.82) is 0 Å². The lowest BCUT2D eigenvalue weighted by molar-refractivity contribution is -0.176. The summed E-state index contributed by atoms with van der Waals surface area (Å²) in [7, 11) is 1.47. The maximum absolute atomic E-state index is 12.0. The Hall–Kier alpha value is -1.71. The minimum Gasteiger partial charge on any atom is -0.497 e. The third-order valence-electron chi connectivity index (χ3n) is 2.30. The first-order valence-electron chi connectivity index (χ1n) is 5.87. The fourth-order valence-corrected chi connectivity index (χ4v) is 1.43. The van der Waals surface area contributed by atoms with E-state index in [2.05, 4.69) is 16.6 Å². The van der Waals surface area contributed by atoms with Gasteiger partial charge in [0.25, 0.3) is 0 Å². The maximum atomic E-state index is 12.0. The van der Waals surface area contributed by atoms with Crippen LogP contribution in [0.5, 0.6) is 5.75 Å². The highest BCUT2D eigenvalue weighted by Crippen LogP contribution is 2.20. The van der Waals surface area contributed by atoms with E-state index in [1.807, 2.05) is 0 Å². The van der Waals surface area contributed by atoms with Crippen molar-refractivity contribution in [3.63, 3.8) is 0 Å². The van der Waals surface area contributed by atoms with Crippen molar-refractivity contribution in [3.8, 4) is 17.6 Å². The summed E-state index contributed by atoms with van der Waals surface area (Å²) >= 11 is 0. The number of hydrogen-bond acceptors (Lipinski definition) is 3. The number of rotatable bonds is 5. The predicted octanol–water partition coefficient (Wildman–Crippen LogP) is 2.51. The third-order valence-corrected chi connectivity index (χ3v) is 2.30. The molecule has 0 spiro atoms. The molecule has 0 radical (unpaired) electrons. The molecular formula is C14H15F3O3. The van der Waals surface area contributed by atoms with Crippen LogP contribution in [0.1, 0.15) is 17.5 Å². The number of halogens is 3. The quantitative estimate of drug-likeness (QED) is 0.846. The first kappa shape index (κ1) is 16.3. The molecule has 0 bridgehead atoms. The Bertz CT molecular complexity index is 487. The zero-order valence-corrected chi connectivity index (χ0v) is 11.0. The van der Waals surface area contributed by atoms with Crippen LogP contribution in [0, 0.1) is 11.8 Å². The summed E-state index contributed by atoms with van der Waals surface area (Å²) in [6.45, 7) is -1.59. The molecule has 110 valence electrons. The number of hydrogen-bond donors (Lipinski definition) is 1. The first-order chi connectivity index (χ1) is 9.46. The fraction of sp³-hybridized carbons (Fsp3) is 0.429. The van der Waals surface area contributed by atoms with Crippen molar-refractivity contribution in [3.05, 3.63) is 29.3 Å². The van der Waals surface area contributed by atoms with Gasteiger partial charge in [-0.25, -0.2) is 0 Å². The molecule has 0 unspecified atom stereocenters. The second-order valence-electron chi connectivity index (χ2n) is 3.91. The van der Waals surface area contributed by atoms with Crippen molar-refractivity contribution >= 4 is 0 Å². The van der Waals surface area contributed by atoms with E-state index in [1.165, 1.54) is 7.11 Å². The van der Waals surface area contributed by atoms with Gasteiger partial charge in [0.2, 0.25) is 0 Å². The van der Waals surface area contributed by atoms with Crippen LogP contribution in [0.3, 0.4) is 0 Å². The van der Waals surface area contributed by atoms with E-state index in [1.54, 1.807) is 18.2 Å². The summed E-state index contributed by atoms with van der Waals surface area (Å²) in [5, 5.41) is 8.65. The van der Waals surface area contributed by atoms with Crippen LogP contribution in [0.15, 0.2) is 18.2 Å². The van der Waals surface area contributed by atoms with Gasteiger partial charge in [0.05, 0.1) is 20.3 Å². The van der Waals surface area contributed by atoms with Crippen LogP contribution in [0.25, 0.3) is 0 Å². The summed E-state index contributed by atoms with van der Waals surface area (Å²) in [5.74, 6) is 6.02. The van der Waals surface area contributed by atoms with E-state index >= 15 is 0 Å². The van der Waals surface area contributed by atoms with Crippen LogP contribution in [-0.4, -0.2) is 31.6 Å². The molecule has 0 fully saturated rings. The molecular weight excluding hydrogens is 273 g/mol. The van der Waals surface area contributed by atoms with Crippen LogP contribution in [-0.2, 0) is 11.3 Å². The minimum atomic E-state index is -4.36. The molecule has 0 aliphatic rings. The fourth-order valence-electron chi connectivity index (χ4n) is 1.43. The Morgan fingerprint density at radius 2 is 2.05 bits per heavy atom. The number of aliphatic hydroxyl groups is 1. The summed E-state index contributed by atoms with van der Waals surface area (Å²) in [5.41, 5.74) is 1.07. The lowest BCUT2D eigenvalue weighted by atomic mass is 10.1. The molecule has 1 aromatic carbocycles. The van der Waals surface area contributed by atoms with Crippen molar-refractivity contribution in [1.82, 2.24) is 0 Å². The maximum Gasteiger partial charge on any atom is 0.411 e. The average Bonchev–Trinajstić information content (AvgIpc) is 2.39. The molecule has 3 nitrogen and oxygen atoms in total. The smallest absolute Gasteiger partial charge is 0.411 e. The SMILES string of the molecule is COc1ccc(C#CCCO)c(COCC(F)(F)F)c1. The first-order valence-corrected chi connectivity index (χ1v) is 5.87. The lowest BCUT2D eigenvalue weighted by Gasteiger charge is -2.10. The van der Waals surface area contributed by atoms with Gasteiger partial charge in [0.15, 0.2) is 0 Å². The lowest BCUT2D eigenvalue weighted by Crippen LogP contribution is -2.16. The van der Waals surface area contributed by atoms with Crippen molar-refractivity contribution in [2.24, 2.45) is 0 Å². The second-order valence-corrected chi connectivity index (χ2v) is 3.91. The Morgan fingerprint density at radius 1 is 1.30 bits per heavy atom. The standard InChI is InChI=1S/C14H15F3O3/c1-19-13-6-5-11(4-2-3-7-18)12(8-13)9-20-10-14(15,16)17/h5-6,8,18H,3,7,9-10H2,1H3. The summed E-state index contributed by atoms with van der Waals surface area (Å²) in [6.07, 6.45) is -4.06. The van der Waals surface area contributed by atoms with E-state index in [0.29, 0.717) is 23.3 Å². The Balaban J connectivity index is 2.82. The zero-order valence-electron chi connectivity index (χ0n) is 11.0. The normalized spacial score (nSPS) is 10.8. The topological polar surface area (TPSA) is 38.7 Å². The minimum absolute atomic E-state index is 0.0664. The molecule has 20 heavy (non-hydrogen) atoms. The van der Waals surface area contributed by atoms with Gasteiger partial charge in [-0.15, -0.1) is 0 Å². The van der Waals surface area contributed by atoms with E-state index in [-0.39, 0.29) is 13.2 Å². The Morgan fingerprint density at radius 3 is 2.65 bits per heavy atom. The van der Waals surface area contributed by atoms with Gasteiger partial charge in [-0.1, -0.05) is 11.8 Å². The van der Waals surface area contributed by atoms with Crippen molar-refractivity contribution in [2.45, 2.75) is 19.2 Å². The van der Waals surface area contributed by atoms with Gasteiger partial charge in [-0.2, -0.15) is 13.2 Å². The number of aliphatic hydroxyl groups excluding tert-OH is 1. The van der Waals surface area contributed by atoms with Gasteiger partial charge >= 0.3 is 6.18 Å². The summed E-state index contributed by atoms with van der Waals surface area (Å²) in [6, 6.07) is 4.89. The molecule has 1 rings (SSSR count). The van der Waals surface area contributed by atoms with E-state index in [4.69, 9.17) is 9.84 Å². The molecule has 0 aromatic heterocycles. The van der Waals surface area contributed by atoms with Crippen LogP contribution in [0.2, 0.25) is 0 Å². The van der Waals surface area contributed by atoms with Gasteiger partial charge in [0.1, 0.15) is 12.4 Å². The number of alkyl halides is 3. The monoisotopic (exact) mass is 288 g/mol. The molecule has 1 N–H and O–H groups in total. The van der Waals surface area contributed by atoms with Gasteiger partial charge in [-0.05, 0) is 23.8 Å². The number of ether oxygens (including phenoxy) is 2. The van der Waals surface area contributed by atoms with Gasteiger partial charge in [0, 0.05) is 12.0 Å². The average molecular weight is 288 g/mol. The van der Waals surface area contributed by atoms with E-state index in [9.17, 15) is 13.2 Å². The largest absolute Gasteiger partial charge is 0.497 e. The predicted molar refractivity (Wildman–Crippen MR) is 67.3 cm³/mol. The number of methoxy groups -OCH3 is 1. The molecule has 0 aliphatic heterocycles. The molecule has 0 saturated carbocycles. The Kier molecular flexibility index (Phi) is 6.36. The Labute approximate surface area is 115 Å². The molecule has 0 aliphatic carbocycles. The highest BCUT2D eigenvalue weighted by Gasteiger charge is 2.27.